The largest absolute Gasteiger partial charge is 0.480 e. The minimum Gasteiger partial charge on any atom is -0.480 e. The highest BCUT2D eigenvalue weighted by Gasteiger charge is 2.21. The van der Waals surface area contributed by atoms with Crippen LogP contribution in [-0.4, -0.2) is 16.1 Å². The lowest BCUT2D eigenvalue weighted by Gasteiger charge is -1.98. The predicted octanol–water partition coefficient (Wildman–Crippen LogP) is 1.67. The number of hydrogen-bond donors (Lipinski definition) is 2. The smallest absolute Gasteiger partial charge is 0.330 e. The van der Waals surface area contributed by atoms with Gasteiger partial charge in [-0.3, -0.25) is 0 Å². The average Bonchev–Trinajstić information content (AvgIpc) is 2.61. The molecule has 0 saturated heterocycles. The monoisotopic (exact) mass is 270 g/mol. The van der Waals surface area contributed by atoms with E-state index in [1.54, 1.807) is 18.2 Å². The molecule has 1 atom stereocenters. The summed E-state index contributed by atoms with van der Waals surface area (Å²) in [4.78, 5) is 14.6. The third-order valence-electron chi connectivity index (χ3n) is 1.92. The molecule has 1 heterocycles. The summed E-state index contributed by atoms with van der Waals surface area (Å²) < 4.78 is 5.98. The Labute approximate surface area is 93.0 Å². The van der Waals surface area contributed by atoms with E-state index < -0.39 is 12.0 Å². The summed E-state index contributed by atoms with van der Waals surface area (Å²) >= 11 is 3.27. The Morgan fingerprint density at radius 1 is 1.60 bits per heavy atom. The first-order valence-electron chi connectivity index (χ1n) is 4.13. The van der Waals surface area contributed by atoms with Crippen LogP contribution in [0.1, 0.15) is 11.9 Å². The molecule has 0 amide bonds. The molecule has 1 aromatic carbocycles. The van der Waals surface area contributed by atoms with Gasteiger partial charge in [0, 0.05) is 0 Å². The van der Waals surface area contributed by atoms with Gasteiger partial charge in [0.1, 0.15) is 5.52 Å². The van der Waals surface area contributed by atoms with Gasteiger partial charge in [-0.1, -0.05) is 6.07 Å². The second-order valence-electron chi connectivity index (χ2n) is 2.96. The zero-order chi connectivity index (χ0) is 11.0. The first-order chi connectivity index (χ1) is 7.09. The molecule has 0 saturated carbocycles. The second-order valence-corrected chi connectivity index (χ2v) is 3.81. The van der Waals surface area contributed by atoms with Gasteiger partial charge < -0.3 is 15.3 Å². The van der Waals surface area contributed by atoms with Crippen LogP contribution in [0.3, 0.4) is 0 Å². The van der Waals surface area contributed by atoms with Gasteiger partial charge in [-0.25, -0.2) is 9.78 Å². The predicted molar refractivity (Wildman–Crippen MR) is 56.3 cm³/mol. The van der Waals surface area contributed by atoms with Crippen LogP contribution < -0.4 is 5.73 Å². The van der Waals surface area contributed by atoms with Crippen molar-refractivity contribution in [1.29, 1.82) is 0 Å². The lowest BCUT2D eigenvalue weighted by Crippen LogP contribution is -2.20. The van der Waals surface area contributed by atoms with Crippen molar-refractivity contribution in [2.45, 2.75) is 6.04 Å². The number of oxazole rings is 1. The van der Waals surface area contributed by atoms with Gasteiger partial charge in [-0.2, -0.15) is 0 Å². The van der Waals surface area contributed by atoms with Gasteiger partial charge in [-0.15, -0.1) is 0 Å². The molecule has 0 aliphatic carbocycles. The molecule has 0 aliphatic heterocycles. The molecule has 0 spiro atoms. The number of hydrogen-bond acceptors (Lipinski definition) is 4. The number of fused-ring (bicyclic) bond motifs is 1. The molecule has 1 aromatic heterocycles. The Hall–Kier alpha value is -1.40. The van der Waals surface area contributed by atoms with Crippen LogP contribution in [0, 0.1) is 0 Å². The van der Waals surface area contributed by atoms with Crippen LogP contribution in [0.15, 0.2) is 27.1 Å². The molecule has 1 unspecified atom stereocenters. The number of aromatic nitrogens is 1. The highest BCUT2D eigenvalue weighted by Crippen LogP contribution is 2.26. The first-order valence-corrected chi connectivity index (χ1v) is 4.92. The SMILES string of the molecule is NC(C(=O)O)c1nc2cccc(Br)c2o1. The number of carbonyl (C=O) groups is 1. The maximum Gasteiger partial charge on any atom is 0.330 e. The minimum atomic E-state index is -1.23. The highest BCUT2D eigenvalue weighted by molar-refractivity contribution is 9.10. The summed E-state index contributed by atoms with van der Waals surface area (Å²) in [5.74, 6) is -1.16. The number of para-hydroxylation sites is 1. The Morgan fingerprint density at radius 2 is 2.33 bits per heavy atom. The van der Waals surface area contributed by atoms with Gasteiger partial charge in [-0.05, 0) is 28.1 Å². The third-order valence-corrected chi connectivity index (χ3v) is 2.54. The molecule has 0 aliphatic rings. The summed E-state index contributed by atoms with van der Waals surface area (Å²) in [5, 5.41) is 8.69. The lowest BCUT2D eigenvalue weighted by atomic mass is 10.3. The molecule has 78 valence electrons. The summed E-state index contributed by atoms with van der Waals surface area (Å²) in [7, 11) is 0. The van der Waals surface area contributed by atoms with E-state index in [0.717, 1.165) is 4.47 Å². The van der Waals surface area contributed by atoms with E-state index in [9.17, 15) is 4.79 Å². The molecule has 2 aromatic rings. The van der Waals surface area contributed by atoms with Crippen LogP contribution in [0.25, 0.3) is 11.1 Å². The van der Waals surface area contributed by atoms with Gasteiger partial charge in [0.05, 0.1) is 4.47 Å². The Balaban J connectivity index is 2.56. The first kappa shape index (κ1) is 10.1. The molecular formula is C9H7BrN2O3. The summed E-state index contributed by atoms with van der Waals surface area (Å²) in [6, 6.07) is 4.06. The van der Waals surface area contributed by atoms with Crippen molar-refractivity contribution in [1.82, 2.24) is 4.98 Å². The van der Waals surface area contributed by atoms with Gasteiger partial charge in [0.15, 0.2) is 11.6 Å². The Morgan fingerprint density at radius 3 is 2.93 bits per heavy atom. The maximum atomic E-state index is 10.6. The van der Waals surface area contributed by atoms with E-state index in [-0.39, 0.29) is 5.89 Å². The van der Waals surface area contributed by atoms with Crippen LogP contribution in [0.2, 0.25) is 0 Å². The van der Waals surface area contributed by atoms with E-state index >= 15 is 0 Å². The fraction of sp³-hybridized carbons (Fsp3) is 0.111. The molecule has 15 heavy (non-hydrogen) atoms. The second kappa shape index (κ2) is 3.63. The topological polar surface area (TPSA) is 89.4 Å². The van der Waals surface area contributed by atoms with Crippen molar-refractivity contribution in [3.63, 3.8) is 0 Å². The van der Waals surface area contributed by atoms with Gasteiger partial charge >= 0.3 is 5.97 Å². The molecule has 0 fully saturated rings. The van der Waals surface area contributed by atoms with E-state index in [4.69, 9.17) is 15.3 Å². The summed E-state index contributed by atoms with van der Waals surface area (Å²) in [6.07, 6.45) is 0. The number of aliphatic carboxylic acids is 1. The molecule has 3 N–H and O–H groups in total. The normalized spacial score (nSPS) is 12.9. The minimum absolute atomic E-state index is 0.00407. The van der Waals surface area contributed by atoms with Crippen molar-refractivity contribution < 1.29 is 14.3 Å². The average molecular weight is 271 g/mol. The molecule has 6 heteroatoms. The Bertz CT molecular complexity index is 523. The van der Waals surface area contributed by atoms with Gasteiger partial charge in [0.25, 0.3) is 0 Å². The quantitative estimate of drug-likeness (QED) is 0.867. The fourth-order valence-corrected chi connectivity index (χ4v) is 1.61. The van der Waals surface area contributed by atoms with Crippen LogP contribution in [-0.2, 0) is 4.79 Å². The van der Waals surface area contributed by atoms with Crippen molar-refractivity contribution in [3.8, 4) is 0 Å². The maximum absolute atomic E-state index is 10.6. The highest BCUT2D eigenvalue weighted by atomic mass is 79.9. The number of nitrogens with zero attached hydrogens (tertiary/aromatic N) is 1. The number of nitrogens with two attached hydrogens (primary N) is 1. The number of carboxylic acids is 1. The molecule has 0 radical (unpaired) electrons. The van der Waals surface area contributed by atoms with Crippen molar-refractivity contribution >= 4 is 33.0 Å². The Kier molecular flexibility index (Phi) is 2.45. The van der Waals surface area contributed by atoms with E-state index in [1.165, 1.54) is 0 Å². The van der Waals surface area contributed by atoms with Crippen molar-refractivity contribution in [3.05, 3.63) is 28.6 Å². The number of halogens is 1. The number of carboxylic acid groups (broad SMARTS) is 1. The van der Waals surface area contributed by atoms with Crippen LogP contribution in [0.4, 0.5) is 0 Å². The van der Waals surface area contributed by atoms with Crippen LogP contribution >= 0.6 is 15.9 Å². The summed E-state index contributed by atoms with van der Waals surface area (Å²) in [6.45, 7) is 0. The zero-order valence-electron chi connectivity index (χ0n) is 7.48. The van der Waals surface area contributed by atoms with Gasteiger partial charge in [0.2, 0.25) is 5.89 Å². The van der Waals surface area contributed by atoms with E-state index in [2.05, 4.69) is 20.9 Å². The van der Waals surface area contributed by atoms with Crippen molar-refractivity contribution in [2.24, 2.45) is 5.73 Å². The summed E-state index contributed by atoms with van der Waals surface area (Å²) in [5.41, 5.74) is 6.46. The fourth-order valence-electron chi connectivity index (χ4n) is 1.17. The van der Waals surface area contributed by atoms with E-state index in [0.29, 0.717) is 11.1 Å². The molecule has 5 nitrogen and oxygen atoms in total. The molecule has 2 rings (SSSR count). The molecular weight excluding hydrogens is 264 g/mol. The zero-order valence-corrected chi connectivity index (χ0v) is 9.06. The van der Waals surface area contributed by atoms with Crippen molar-refractivity contribution in [2.75, 3.05) is 0 Å². The van der Waals surface area contributed by atoms with Crippen LogP contribution in [0.5, 0.6) is 0 Å². The lowest BCUT2D eigenvalue weighted by molar-refractivity contribution is -0.139. The number of rotatable bonds is 2. The number of benzene rings is 1. The van der Waals surface area contributed by atoms with E-state index in [1.807, 2.05) is 0 Å². The molecule has 0 bridgehead atoms. The third kappa shape index (κ3) is 1.73. The standard InChI is InChI=1S/C9H7BrN2O3/c10-4-2-1-3-5-7(4)15-8(12-5)6(11)9(13)14/h1-3,6H,11H2,(H,13,14).